The molecule has 2 aromatic rings. The van der Waals surface area contributed by atoms with Gasteiger partial charge in [-0.25, -0.2) is 4.39 Å². The molecule has 1 fully saturated rings. The highest BCUT2D eigenvalue weighted by molar-refractivity contribution is 5.87. The number of halogens is 3. The van der Waals surface area contributed by atoms with Gasteiger partial charge in [-0.05, 0) is 109 Å². The van der Waals surface area contributed by atoms with Crippen LogP contribution in [0.4, 0.5) is 13.3 Å². The van der Waals surface area contributed by atoms with Gasteiger partial charge in [-0.1, -0.05) is 18.2 Å². The van der Waals surface area contributed by atoms with E-state index in [-0.39, 0.29) is 24.4 Å². The van der Waals surface area contributed by atoms with Gasteiger partial charge in [0.15, 0.2) is 11.5 Å². The molecule has 0 spiro atoms. The van der Waals surface area contributed by atoms with Gasteiger partial charge in [-0.2, -0.15) is 0 Å². The van der Waals surface area contributed by atoms with Crippen molar-refractivity contribution >= 4 is 5.57 Å². The van der Waals surface area contributed by atoms with Gasteiger partial charge in [0.25, 0.3) is 0 Å². The molecule has 0 bridgehead atoms. The number of allylic oxidation sites excluding steroid dienone is 4. The van der Waals surface area contributed by atoms with E-state index < -0.39 is 0 Å². The number of nitrogens with zero attached hydrogens (tertiary/aromatic N) is 1. The Balaban J connectivity index is 1.50. The quantitative estimate of drug-likeness (QED) is 0.325. The number of fused-ring (bicyclic) bond motifs is 1. The summed E-state index contributed by atoms with van der Waals surface area (Å²) in [5, 5.41) is 0. The smallest absolute Gasteiger partial charge is 0.172 e. The van der Waals surface area contributed by atoms with Crippen LogP contribution in [0.25, 0.3) is 5.57 Å². The number of methoxy groups -OCH3 is 1. The average molecular weight is 540 g/mol. The number of ether oxygens (including phenoxy) is 2. The first kappa shape index (κ1) is 27.4. The van der Waals surface area contributed by atoms with Crippen molar-refractivity contribution in [1.82, 2.24) is 4.90 Å². The Morgan fingerprint density at radius 1 is 0.974 bits per heavy atom. The lowest BCUT2D eigenvalue weighted by atomic mass is 9.86. The molecule has 1 atom stereocenters. The summed E-state index contributed by atoms with van der Waals surface area (Å²) in [5.74, 6) is 1.07. The molecule has 0 aromatic heterocycles. The Bertz CT molecular complexity index is 1250. The highest BCUT2D eigenvalue weighted by Crippen LogP contribution is 2.42. The van der Waals surface area contributed by atoms with Crippen LogP contribution in [0.5, 0.6) is 11.5 Å². The molecule has 0 radical (unpaired) electrons. The van der Waals surface area contributed by atoms with E-state index >= 15 is 0 Å². The molecular weight excluding hydrogens is 503 g/mol. The first-order valence-electron chi connectivity index (χ1n) is 13.9. The van der Waals surface area contributed by atoms with Crippen molar-refractivity contribution in [2.45, 2.75) is 57.5 Å². The van der Waals surface area contributed by atoms with Crippen LogP contribution in [-0.4, -0.2) is 44.4 Å². The van der Waals surface area contributed by atoms with E-state index in [0.29, 0.717) is 25.0 Å². The molecule has 39 heavy (non-hydrogen) atoms. The molecule has 4 nitrogen and oxygen atoms in total. The number of aryl methyl sites for hydroxylation is 1. The lowest BCUT2D eigenvalue weighted by Crippen LogP contribution is -2.26. The van der Waals surface area contributed by atoms with Crippen molar-refractivity contribution in [2.75, 3.05) is 33.4 Å². The molecule has 1 aliphatic heterocycles. The molecule has 208 valence electrons. The van der Waals surface area contributed by atoms with Crippen LogP contribution >= 0.6 is 0 Å². The molecule has 0 saturated carbocycles. The summed E-state index contributed by atoms with van der Waals surface area (Å²) in [7, 11) is 1.51. The van der Waals surface area contributed by atoms with E-state index in [1.807, 2.05) is 24.3 Å². The summed E-state index contributed by atoms with van der Waals surface area (Å²) in [4.78, 5) is 6.29. The normalized spacial score (nSPS) is 20.3. The van der Waals surface area contributed by atoms with Crippen molar-refractivity contribution in [3.05, 3.63) is 88.0 Å². The van der Waals surface area contributed by atoms with Crippen LogP contribution in [-0.2, 0) is 11.2 Å². The Labute approximate surface area is 228 Å². The molecule has 2 aliphatic carbocycles. The van der Waals surface area contributed by atoms with Crippen LogP contribution < -0.4 is 9.68 Å². The van der Waals surface area contributed by atoms with E-state index in [9.17, 15) is 13.3 Å². The largest absolute Gasteiger partial charge is 0.494 e. The summed E-state index contributed by atoms with van der Waals surface area (Å²) in [6, 6.07) is 13.5. The van der Waals surface area contributed by atoms with Gasteiger partial charge >= 0.3 is 0 Å². The second-order valence-electron chi connectivity index (χ2n) is 10.5. The average Bonchev–Trinajstić information content (AvgIpc) is 3.20. The predicted molar refractivity (Wildman–Crippen MR) is 147 cm³/mol. The minimum absolute atomic E-state index is 0.0910. The number of benzene rings is 2. The Hall–Kier alpha value is -3.19. The lowest BCUT2D eigenvalue weighted by Gasteiger charge is -2.20. The van der Waals surface area contributed by atoms with E-state index in [1.54, 1.807) is 12.1 Å². The SMILES string of the molecule is COC1=C(F)CCCC(C2=C(c3ccc(O[C@H]4CCN(CCCF)C4)cc3)c3ccc(OF)cc3CCC2)=C1. The number of hydrogen-bond donors (Lipinski definition) is 0. The van der Waals surface area contributed by atoms with Crippen molar-refractivity contribution in [3.63, 3.8) is 0 Å². The van der Waals surface area contributed by atoms with Crippen molar-refractivity contribution in [1.29, 1.82) is 0 Å². The fourth-order valence-corrected chi connectivity index (χ4v) is 6.01. The minimum Gasteiger partial charge on any atom is -0.494 e. The predicted octanol–water partition coefficient (Wildman–Crippen LogP) is 7.84. The molecule has 0 unspecified atom stereocenters. The number of hydrogen-bond acceptors (Lipinski definition) is 4. The van der Waals surface area contributed by atoms with Crippen LogP contribution in [0, 0.1) is 0 Å². The molecular formula is C32H36F3NO3. The zero-order chi connectivity index (χ0) is 27.2. The third kappa shape index (κ3) is 6.35. The van der Waals surface area contributed by atoms with Crippen molar-refractivity contribution in [2.24, 2.45) is 0 Å². The minimum atomic E-state index is -0.290. The van der Waals surface area contributed by atoms with Gasteiger partial charge in [0.2, 0.25) is 0 Å². The van der Waals surface area contributed by atoms with Crippen molar-refractivity contribution in [3.8, 4) is 11.5 Å². The Kier molecular flexibility index (Phi) is 8.97. The van der Waals surface area contributed by atoms with Gasteiger partial charge in [0.05, 0.1) is 13.8 Å². The number of alkyl halides is 1. The zero-order valence-electron chi connectivity index (χ0n) is 22.5. The lowest BCUT2D eigenvalue weighted by molar-refractivity contribution is -0.00629. The molecule has 2 aromatic carbocycles. The first-order chi connectivity index (χ1) is 19.1. The summed E-state index contributed by atoms with van der Waals surface area (Å²) in [5.41, 5.74) is 6.40. The van der Waals surface area contributed by atoms with Gasteiger partial charge in [-0.15, -0.1) is 0 Å². The molecule has 5 rings (SSSR count). The molecule has 1 saturated heterocycles. The maximum absolute atomic E-state index is 14.6. The van der Waals surface area contributed by atoms with Gasteiger partial charge in [0.1, 0.15) is 17.7 Å². The first-order valence-corrected chi connectivity index (χ1v) is 13.9. The monoisotopic (exact) mass is 539 g/mol. The zero-order valence-corrected chi connectivity index (χ0v) is 22.5. The second-order valence-corrected chi connectivity index (χ2v) is 10.5. The summed E-state index contributed by atoms with van der Waals surface area (Å²) < 4.78 is 51.8. The fraction of sp³-hybridized carbons (Fsp3) is 0.438. The summed E-state index contributed by atoms with van der Waals surface area (Å²) in [6.45, 7) is 2.21. The van der Waals surface area contributed by atoms with Gasteiger partial charge in [-0.3, -0.25) is 14.2 Å². The third-order valence-corrected chi connectivity index (χ3v) is 7.92. The Morgan fingerprint density at radius 3 is 2.54 bits per heavy atom. The molecule has 1 heterocycles. The highest BCUT2D eigenvalue weighted by atomic mass is 19.3. The number of rotatable bonds is 9. The van der Waals surface area contributed by atoms with E-state index in [1.165, 1.54) is 12.7 Å². The van der Waals surface area contributed by atoms with Crippen LogP contribution in [0.2, 0.25) is 0 Å². The fourth-order valence-electron chi connectivity index (χ4n) is 6.01. The van der Waals surface area contributed by atoms with Crippen LogP contribution in [0.15, 0.2) is 71.3 Å². The maximum Gasteiger partial charge on any atom is 0.172 e. The molecule has 0 N–H and O–H groups in total. The van der Waals surface area contributed by atoms with Crippen molar-refractivity contribution < 1.29 is 27.7 Å². The molecule has 3 aliphatic rings. The standard InChI is InChI=1S/C32H36F3NO3/c1-37-31-20-24(6-3-8-30(31)34)28-7-2-5-23-19-26(39-35)13-14-29(23)32(28)22-9-11-25(12-10-22)38-27-15-18-36(21-27)17-4-16-33/h9-14,19-20,27H,2-8,15-18,21H2,1H3/t27-/m0/s1. The Morgan fingerprint density at radius 2 is 1.77 bits per heavy atom. The maximum atomic E-state index is 14.6. The summed E-state index contributed by atoms with van der Waals surface area (Å²) >= 11 is 0. The van der Waals surface area contributed by atoms with E-state index in [0.717, 1.165) is 85.3 Å². The summed E-state index contributed by atoms with van der Waals surface area (Å²) in [6.07, 6.45) is 7.74. The molecule has 0 amide bonds. The van der Waals surface area contributed by atoms with E-state index in [2.05, 4.69) is 22.0 Å². The molecule has 7 heteroatoms. The van der Waals surface area contributed by atoms with Crippen LogP contribution in [0.1, 0.15) is 61.6 Å². The van der Waals surface area contributed by atoms with E-state index in [4.69, 9.17) is 9.47 Å². The highest BCUT2D eigenvalue weighted by Gasteiger charge is 2.25. The second kappa shape index (κ2) is 12.8. The third-order valence-electron chi connectivity index (χ3n) is 7.92. The number of likely N-dealkylation sites (tertiary alicyclic amines) is 1. The topological polar surface area (TPSA) is 30.9 Å². The van der Waals surface area contributed by atoms with Gasteiger partial charge < -0.3 is 9.47 Å². The van der Waals surface area contributed by atoms with Crippen LogP contribution in [0.3, 0.4) is 0 Å². The van der Waals surface area contributed by atoms with Gasteiger partial charge in [0, 0.05) is 30.6 Å².